The summed E-state index contributed by atoms with van der Waals surface area (Å²) in [7, 11) is 0. The van der Waals surface area contributed by atoms with Crippen molar-refractivity contribution in [1.82, 2.24) is 20.4 Å². The number of nitrogens with one attached hydrogen (secondary N) is 2. The molecule has 0 atom stereocenters. The van der Waals surface area contributed by atoms with Gasteiger partial charge in [-0.2, -0.15) is 5.10 Å². The Morgan fingerprint density at radius 2 is 2.15 bits per heavy atom. The van der Waals surface area contributed by atoms with Crippen LogP contribution in [-0.2, 0) is 0 Å². The van der Waals surface area contributed by atoms with Crippen LogP contribution >= 0.6 is 0 Å². The molecule has 3 rings (SSSR count). The molecule has 0 aliphatic heterocycles. The summed E-state index contributed by atoms with van der Waals surface area (Å²) < 4.78 is 5.39. The van der Waals surface area contributed by atoms with Crippen LogP contribution in [0.5, 0.6) is 0 Å². The van der Waals surface area contributed by atoms with Crippen molar-refractivity contribution < 1.29 is 9.21 Å². The third-order valence-corrected chi connectivity index (χ3v) is 2.69. The maximum Gasteiger partial charge on any atom is 0.258 e. The molecule has 2 heterocycles. The highest BCUT2D eigenvalue weighted by Crippen LogP contribution is 2.26. The number of nitrogens with zero attached hydrogens (tertiary/aromatic N) is 3. The normalized spacial score (nSPS) is 10.4. The first-order valence-electron chi connectivity index (χ1n) is 5.93. The van der Waals surface area contributed by atoms with Gasteiger partial charge in [0.25, 0.3) is 5.91 Å². The van der Waals surface area contributed by atoms with Crippen molar-refractivity contribution in [3.05, 3.63) is 48.1 Å². The van der Waals surface area contributed by atoms with Crippen molar-refractivity contribution >= 4 is 11.6 Å². The lowest BCUT2D eigenvalue weighted by molar-refractivity contribution is 0.102. The fraction of sp³-hybridized carbons (Fsp3) is 0.0769. The molecule has 2 aromatic heterocycles. The molecule has 3 aromatic rings. The zero-order chi connectivity index (χ0) is 13.9. The Kier molecular flexibility index (Phi) is 3.00. The lowest BCUT2D eigenvalue weighted by Gasteiger charge is -2.07. The number of hydrogen-bond donors (Lipinski definition) is 2. The van der Waals surface area contributed by atoms with E-state index in [0.717, 1.165) is 0 Å². The minimum absolute atomic E-state index is 0.262. The molecule has 2 N–H and O–H groups in total. The highest BCUT2D eigenvalue weighted by Gasteiger charge is 2.14. The molecular formula is C13H11N5O2. The summed E-state index contributed by atoms with van der Waals surface area (Å²) in [4.78, 5) is 12.0. The summed E-state index contributed by atoms with van der Waals surface area (Å²) in [5, 5.41) is 16.9. The average molecular weight is 269 g/mol. The smallest absolute Gasteiger partial charge is 0.258 e. The van der Waals surface area contributed by atoms with Gasteiger partial charge in [-0.1, -0.05) is 12.1 Å². The van der Waals surface area contributed by atoms with E-state index in [4.69, 9.17) is 4.42 Å². The number of para-hydroxylation sites is 1. The first-order chi connectivity index (χ1) is 9.74. The van der Waals surface area contributed by atoms with Crippen LogP contribution in [0.2, 0.25) is 0 Å². The molecule has 0 saturated heterocycles. The van der Waals surface area contributed by atoms with E-state index in [0.29, 0.717) is 28.6 Å². The number of anilines is 1. The SMILES string of the molecule is Cc1nnc(-c2ccccc2NC(=O)c2cn[nH]c2)o1. The predicted molar refractivity (Wildman–Crippen MR) is 71.0 cm³/mol. The fourth-order valence-corrected chi connectivity index (χ4v) is 1.75. The molecule has 20 heavy (non-hydrogen) atoms. The number of aryl methyl sites for hydroxylation is 1. The molecule has 0 unspecified atom stereocenters. The van der Waals surface area contributed by atoms with Crippen molar-refractivity contribution in [2.24, 2.45) is 0 Å². The Bertz CT molecular complexity index is 733. The summed E-state index contributed by atoms with van der Waals surface area (Å²) >= 11 is 0. The van der Waals surface area contributed by atoms with Crippen molar-refractivity contribution in [3.8, 4) is 11.5 Å². The van der Waals surface area contributed by atoms with Crippen molar-refractivity contribution in [3.63, 3.8) is 0 Å². The monoisotopic (exact) mass is 269 g/mol. The average Bonchev–Trinajstić information content (AvgIpc) is 3.10. The number of carbonyl (C=O) groups excluding carboxylic acids is 1. The third-order valence-electron chi connectivity index (χ3n) is 2.69. The number of H-pyrrole nitrogens is 1. The highest BCUT2D eigenvalue weighted by molar-refractivity contribution is 6.05. The number of aromatic nitrogens is 4. The Hall–Kier alpha value is -2.96. The van der Waals surface area contributed by atoms with Gasteiger partial charge < -0.3 is 9.73 Å². The van der Waals surface area contributed by atoms with Gasteiger partial charge in [0.05, 0.1) is 23.0 Å². The molecule has 0 aliphatic rings. The van der Waals surface area contributed by atoms with Crippen molar-refractivity contribution in [2.45, 2.75) is 6.92 Å². The van der Waals surface area contributed by atoms with E-state index < -0.39 is 0 Å². The van der Waals surface area contributed by atoms with Gasteiger partial charge in [0, 0.05) is 13.1 Å². The van der Waals surface area contributed by atoms with Crippen LogP contribution in [0.4, 0.5) is 5.69 Å². The Morgan fingerprint density at radius 1 is 1.30 bits per heavy atom. The molecule has 7 nitrogen and oxygen atoms in total. The standard InChI is InChI=1S/C13H11N5O2/c1-8-17-18-13(20-8)10-4-2-3-5-11(10)16-12(19)9-6-14-15-7-9/h2-7H,1H3,(H,14,15)(H,16,19). The summed E-state index contributed by atoms with van der Waals surface area (Å²) in [6, 6.07) is 7.23. The fourth-order valence-electron chi connectivity index (χ4n) is 1.75. The maximum absolute atomic E-state index is 12.0. The van der Waals surface area contributed by atoms with Gasteiger partial charge in [-0.05, 0) is 12.1 Å². The van der Waals surface area contributed by atoms with Gasteiger partial charge in [0.2, 0.25) is 11.8 Å². The summed E-state index contributed by atoms with van der Waals surface area (Å²) in [6.07, 6.45) is 2.98. The summed E-state index contributed by atoms with van der Waals surface area (Å²) in [6.45, 7) is 1.71. The molecule has 0 aliphatic carbocycles. The van der Waals surface area contributed by atoms with Crippen LogP contribution in [0.3, 0.4) is 0 Å². The van der Waals surface area contributed by atoms with Crippen molar-refractivity contribution in [1.29, 1.82) is 0 Å². The van der Waals surface area contributed by atoms with Crippen molar-refractivity contribution in [2.75, 3.05) is 5.32 Å². The largest absolute Gasteiger partial charge is 0.421 e. The summed E-state index contributed by atoms with van der Waals surface area (Å²) in [5.41, 5.74) is 1.72. The number of amides is 1. The first kappa shape index (κ1) is 12.1. The molecule has 7 heteroatoms. The van der Waals surface area contributed by atoms with Crippen LogP contribution in [0.15, 0.2) is 41.1 Å². The van der Waals surface area contributed by atoms with Crippen LogP contribution in [-0.4, -0.2) is 26.3 Å². The topological polar surface area (TPSA) is 96.7 Å². The van der Waals surface area contributed by atoms with E-state index in [9.17, 15) is 4.79 Å². The molecule has 0 spiro atoms. The first-order valence-corrected chi connectivity index (χ1v) is 5.93. The van der Waals surface area contributed by atoms with E-state index in [1.165, 1.54) is 12.4 Å². The van der Waals surface area contributed by atoms with E-state index in [1.54, 1.807) is 19.1 Å². The number of hydrogen-bond acceptors (Lipinski definition) is 5. The minimum atomic E-state index is -0.262. The van der Waals surface area contributed by atoms with Crippen LogP contribution < -0.4 is 5.32 Å². The van der Waals surface area contributed by atoms with Gasteiger partial charge >= 0.3 is 0 Å². The van der Waals surface area contributed by atoms with Gasteiger partial charge in [-0.15, -0.1) is 10.2 Å². The lowest BCUT2D eigenvalue weighted by atomic mass is 10.1. The highest BCUT2D eigenvalue weighted by atomic mass is 16.4. The number of aromatic amines is 1. The predicted octanol–water partition coefficient (Wildman–Crippen LogP) is 2.02. The second-order valence-electron chi connectivity index (χ2n) is 4.11. The Labute approximate surface area is 114 Å². The molecule has 0 fully saturated rings. The Balaban J connectivity index is 1.92. The second-order valence-corrected chi connectivity index (χ2v) is 4.11. The van der Waals surface area contributed by atoms with E-state index in [1.807, 2.05) is 12.1 Å². The molecular weight excluding hydrogens is 258 g/mol. The number of carbonyl (C=O) groups is 1. The van der Waals surface area contributed by atoms with Gasteiger partial charge in [-0.25, -0.2) is 0 Å². The van der Waals surface area contributed by atoms with Gasteiger partial charge in [0.15, 0.2) is 0 Å². The Morgan fingerprint density at radius 3 is 2.85 bits per heavy atom. The molecule has 0 bridgehead atoms. The number of rotatable bonds is 3. The molecule has 0 saturated carbocycles. The maximum atomic E-state index is 12.0. The number of benzene rings is 1. The molecule has 0 radical (unpaired) electrons. The minimum Gasteiger partial charge on any atom is -0.421 e. The van der Waals surface area contributed by atoms with E-state index in [2.05, 4.69) is 25.7 Å². The van der Waals surface area contributed by atoms with Crippen LogP contribution in [0, 0.1) is 6.92 Å². The van der Waals surface area contributed by atoms with Crippen LogP contribution in [0.25, 0.3) is 11.5 Å². The van der Waals surface area contributed by atoms with Gasteiger partial charge in [-0.3, -0.25) is 9.89 Å². The molecule has 1 amide bonds. The third kappa shape index (κ3) is 2.28. The second kappa shape index (κ2) is 4.96. The zero-order valence-corrected chi connectivity index (χ0v) is 10.6. The van der Waals surface area contributed by atoms with E-state index >= 15 is 0 Å². The zero-order valence-electron chi connectivity index (χ0n) is 10.6. The molecule has 1 aromatic carbocycles. The van der Waals surface area contributed by atoms with Crippen LogP contribution in [0.1, 0.15) is 16.2 Å². The van der Waals surface area contributed by atoms with Gasteiger partial charge in [0.1, 0.15) is 0 Å². The quantitative estimate of drug-likeness (QED) is 0.758. The molecule has 100 valence electrons. The lowest BCUT2D eigenvalue weighted by Crippen LogP contribution is -2.11. The summed E-state index contributed by atoms with van der Waals surface area (Å²) in [5.74, 6) is 0.573. The van der Waals surface area contributed by atoms with E-state index in [-0.39, 0.29) is 5.91 Å².